The quantitative estimate of drug-likeness (QED) is 0.592. The summed E-state index contributed by atoms with van der Waals surface area (Å²) < 4.78 is 37.5. The number of rotatable bonds is 1. The van der Waals surface area contributed by atoms with Crippen LogP contribution >= 0.6 is 0 Å². The molecule has 16 heavy (non-hydrogen) atoms. The molecule has 0 amide bonds. The minimum Gasteiger partial charge on any atom is -0.398 e. The molecule has 0 saturated heterocycles. The van der Waals surface area contributed by atoms with Crippen LogP contribution in [0.15, 0.2) is 12.1 Å². The molecule has 0 unspecified atom stereocenters. The van der Waals surface area contributed by atoms with Crippen LogP contribution in [-0.4, -0.2) is 5.78 Å². The van der Waals surface area contributed by atoms with Gasteiger partial charge in [0.2, 0.25) is 0 Å². The van der Waals surface area contributed by atoms with E-state index in [1.165, 1.54) is 0 Å². The summed E-state index contributed by atoms with van der Waals surface area (Å²) in [7, 11) is 0. The third-order valence-electron chi connectivity index (χ3n) is 1.99. The van der Waals surface area contributed by atoms with Gasteiger partial charge < -0.3 is 5.73 Å². The molecule has 0 fully saturated rings. The molecule has 0 radical (unpaired) electrons. The van der Waals surface area contributed by atoms with Gasteiger partial charge in [0.25, 0.3) is 0 Å². The maximum absolute atomic E-state index is 12.5. The number of benzene rings is 1. The van der Waals surface area contributed by atoms with Gasteiger partial charge in [-0.25, -0.2) is 0 Å². The van der Waals surface area contributed by atoms with Crippen LogP contribution in [0.25, 0.3) is 0 Å². The lowest BCUT2D eigenvalue weighted by molar-refractivity contribution is -0.136. The van der Waals surface area contributed by atoms with Crippen molar-refractivity contribution in [2.75, 3.05) is 5.73 Å². The summed E-state index contributed by atoms with van der Waals surface area (Å²) in [6.07, 6.45) is -4.68. The lowest BCUT2D eigenvalue weighted by Crippen LogP contribution is -2.13. The Balaban J connectivity index is 3.58. The van der Waals surface area contributed by atoms with E-state index in [1.807, 2.05) is 0 Å². The Morgan fingerprint density at radius 2 is 2.00 bits per heavy atom. The van der Waals surface area contributed by atoms with Crippen LogP contribution in [0.3, 0.4) is 0 Å². The van der Waals surface area contributed by atoms with Crippen LogP contribution in [0.2, 0.25) is 0 Å². The van der Waals surface area contributed by atoms with Gasteiger partial charge in [-0.15, -0.1) is 0 Å². The summed E-state index contributed by atoms with van der Waals surface area (Å²) >= 11 is 0. The van der Waals surface area contributed by atoms with Gasteiger partial charge in [-0.05, 0) is 19.1 Å². The molecule has 0 spiro atoms. The molecular weight excluding hydrogens is 221 g/mol. The van der Waals surface area contributed by atoms with Gasteiger partial charge in [-0.1, -0.05) is 0 Å². The standard InChI is InChI=1S/C10H7F3N2O/c1-5(16)7-2-6(4-14)3-8(9(7)15)10(11,12)13/h2-3H,15H2,1H3. The minimum absolute atomic E-state index is 0.244. The Hall–Kier alpha value is -2.03. The number of carbonyl (C=O) groups excluding carboxylic acids is 1. The van der Waals surface area contributed by atoms with Crippen LogP contribution in [0, 0.1) is 11.3 Å². The third kappa shape index (κ3) is 2.14. The highest BCUT2D eigenvalue weighted by Crippen LogP contribution is 2.36. The number of nitrogens with zero attached hydrogens (tertiary/aromatic N) is 1. The number of hydrogen-bond donors (Lipinski definition) is 1. The van der Waals surface area contributed by atoms with Crippen molar-refractivity contribution in [3.05, 3.63) is 28.8 Å². The van der Waals surface area contributed by atoms with Gasteiger partial charge in [0.15, 0.2) is 5.78 Å². The number of nitrogens with two attached hydrogens (primary N) is 1. The zero-order valence-electron chi connectivity index (χ0n) is 8.22. The van der Waals surface area contributed by atoms with Crippen LogP contribution in [0.4, 0.5) is 18.9 Å². The summed E-state index contributed by atoms with van der Waals surface area (Å²) in [6, 6.07) is 3.23. The minimum atomic E-state index is -4.68. The Bertz CT molecular complexity index is 486. The number of ketones is 1. The SMILES string of the molecule is CC(=O)c1cc(C#N)cc(C(F)(F)F)c1N. The Labute approximate surface area is 89.3 Å². The maximum atomic E-state index is 12.5. The molecular formula is C10H7F3N2O. The van der Waals surface area contributed by atoms with E-state index in [1.54, 1.807) is 6.07 Å². The lowest BCUT2D eigenvalue weighted by Gasteiger charge is -2.12. The van der Waals surface area contributed by atoms with Crippen molar-refractivity contribution in [1.82, 2.24) is 0 Å². The van der Waals surface area contributed by atoms with E-state index >= 15 is 0 Å². The monoisotopic (exact) mass is 228 g/mol. The van der Waals surface area contributed by atoms with Crippen molar-refractivity contribution in [3.63, 3.8) is 0 Å². The second-order valence-electron chi connectivity index (χ2n) is 3.15. The fourth-order valence-corrected chi connectivity index (χ4v) is 1.24. The molecule has 1 aromatic rings. The molecule has 1 rings (SSSR count). The first-order chi connectivity index (χ1) is 7.27. The van der Waals surface area contributed by atoms with E-state index < -0.39 is 23.2 Å². The highest BCUT2D eigenvalue weighted by atomic mass is 19.4. The molecule has 1 aromatic carbocycles. The highest BCUT2D eigenvalue weighted by Gasteiger charge is 2.34. The molecule has 0 heterocycles. The smallest absolute Gasteiger partial charge is 0.398 e. The largest absolute Gasteiger partial charge is 0.418 e. The summed E-state index contributed by atoms with van der Waals surface area (Å²) in [4.78, 5) is 11.1. The summed E-state index contributed by atoms with van der Waals surface area (Å²) in [5.74, 6) is -0.611. The van der Waals surface area contributed by atoms with E-state index in [2.05, 4.69) is 0 Å². The normalized spacial score (nSPS) is 10.9. The van der Waals surface area contributed by atoms with Gasteiger partial charge in [-0.2, -0.15) is 18.4 Å². The number of nitrogen functional groups attached to an aromatic ring is 1. The molecule has 0 aliphatic heterocycles. The first kappa shape index (κ1) is 12.0. The van der Waals surface area contributed by atoms with Crippen molar-refractivity contribution < 1.29 is 18.0 Å². The number of nitriles is 1. The predicted octanol–water partition coefficient (Wildman–Crippen LogP) is 2.36. The van der Waals surface area contributed by atoms with Crippen molar-refractivity contribution >= 4 is 11.5 Å². The molecule has 0 atom stereocenters. The second-order valence-corrected chi connectivity index (χ2v) is 3.15. The van der Waals surface area contributed by atoms with E-state index in [9.17, 15) is 18.0 Å². The number of halogens is 3. The second kappa shape index (κ2) is 3.85. The van der Waals surface area contributed by atoms with Gasteiger partial charge in [0.05, 0.1) is 22.9 Å². The van der Waals surface area contributed by atoms with Gasteiger partial charge in [0.1, 0.15) is 0 Å². The molecule has 3 nitrogen and oxygen atoms in total. The zero-order chi connectivity index (χ0) is 12.5. The summed E-state index contributed by atoms with van der Waals surface area (Å²) in [5, 5.41) is 8.56. The topological polar surface area (TPSA) is 66.9 Å². The predicted molar refractivity (Wildman–Crippen MR) is 50.6 cm³/mol. The van der Waals surface area contributed by atoms with Crippen LogP contribution in [0.1, 0.15) is 28.4 Å². The first-order valence-corrected chi connectivity index (χ1v) is 4.19. The fourth-order valence-electron chi connectivity index (χ4n) is 1.24. The molecule has 0 bridgehead atoms. The zero-order valence-corrected chi connectivity index (χ0v) is 8.22. The number of hydrogen-bond acceptors (Lipinski definition) is 3. The first-order valence-electron chi connectivity index (χ1n) is 4.19. The molecule has 0 aliphatic carbocycles. The Morgan fingerprint density at radius 1 is 1.44 bits per heavy atom. The van der Waals surface area contributed by atoms with Crippen LogP contribution < -0.4 is 5.73 Å². The van der Waals surface area contributed by atoms with Gasteiger partial charge in [-0.3, -0.25) is 4.79 Å². The molecule has 0 aliphatic rings. The van der Waals surface area contributed by atoms with E-state index in [4.69, 9.17) is 11.0 Å². The third-order valence-corrected chi connectivity index (χ3v) is 1.99. The van der Waals surface area contributed by atoms with Gasteiger partial charge >= 0.3 is 6.18 Å². The van der Waals surface area contributed by atoms with Crippen LogP contribution in [0.5, 0.6) is 0 Å². The number of Topliss-reactive ketones (excluding diaryl/α,β-unsaturated/α-hetero) is 1. The van der Waals surface area contributed by atoms with Crippen molar-refractivity contribution in [3.8, 4) is 6.07 Å². The Morgan fingerprint density at radius 3 is 2.38 bits per heavy atom. The average Bonchev–Trinajstić information content (AvgIpc) is 2.15. The molecule has 0 saturated carbocycles. The van der Waals surface area contributed by atoms with Crippen molar-refractivity contribution in [1.29, 1.82) is 5.26 Å². The van der Waals surface area contributed by atoms with E-state index in [-0.39, 0.29) is 11.1 Å². The highest BCUT2D eigenvalue weighted by molar-refractivity contribution is 6.00. The van der Waals surface area contributed by atoms with Crippen molar-refractivity contribution in [2.45, 2.75) is 13.1 Å². The molecule has 2 N–H and O–H groups in total. The van der Waals surface area contributed by atoms with Gasteiger partial charge in [0, 0.05) is 5.56 Å². The van der Waals surface area contributed by atoms with Crippen LogP contribution in [-0.2, 0) is 6.18 Å². The van der Waals surface area contributed by atoms with E-state index in [0.29, 0.717) is 6.07 Å². The average molecular weight is 228 g/mol. The number of alkyl halides is 3. The molecule has 84 valence electrons. The maximum Gasteiger partial charge on any atom is 0.418 e. The Kier molecular flexibility index (Phi) is 2.90. The lowest BCUT2D eigenvalue weighted by atomic mass is 10.0. The van der Waals surface area contributed by atoms with E-state index in [0.717, 1.165) is 13.0 Å². The number of anilines is 1. The summed E-state index contributed by atoms with van der Waals surface area (Å²) in [6.45, 7) is 1.09. The summed E-state index contributed by atoms with van der Waals surface area (Å²) in [5.41, 5.74) is 2.92. The van der Waals surface area contributed by atoms with Crippen molar-refractivity contribution in [2.24, 2.45) is 0 Å². The molecule has 6 heteroatoms. The number of carbonyl (C=O) groups is 1. The fraction of sp³-hybridized carbons (Fsp3) is 0.200. The molecule has 0 aromatic heterocycles.